The molecule has 2 aromatic carbocycles. The van der Waals surface area contributed by atoms with Crippen LogP contribution in [-0.4, -0.2) is 13.0 Å². The third-order valence-corrected chi connectivity index (χ3v) is 5.63. The smallest absolute Gasteiger partial charge is 0.263 e. The Morgan fingerprint density at radius 3 is 2.75 bits per heavy atom. The summed E-state index contributed by atoms with van der Waals surface area (Å²) < 4.78 is 6.12. The van der Waals surface area contributed by atoms with Crippen molar-refractivity contribution < 1.29 is 9.53 Å². The van der Waals surface area contributed by atoms with E-state index in [0.29, 0.717) is 14.9 Å². The molecule has 0 unspecified atom stereocenters. The van der Waals surface area contributed by atoms with E-state index in [0.717, 1.165) is 21.4 Å². The van der Waals surface area contributed by atoms with Crippen molar-refractivity contribution in [3.8, 4) is 5.75 Å². The van der Waals surface area contributed by atoms with Gasteiger partial charge in [0.25, 0.3) is 5.91 Å². The highest BCUT2D eigenvalue weighted by atomic mass is 35.5. The van der Waals surface area contributed by atoms with Gasteiger partial charge in [0.05, 0.1) is 18.2 Å². The molecule has 0 fully saturated rings. The molecule has 3 nitrogen and oxygen atoms in total. The van der Waals surface area contributed by atoms with Crippen LogP contribution in [0.2, 0.25) is 10.0 Å². The summed E-state index contributed by atoms with van der Waals surface area (Å²) in [7, 11) is 1.62. The molecule has 1 amide bonds. The van der Waals surface area contributed by atoms with Crippen LogP contribution in [0.3, 0.4) is 0 Å². The number of fused-ring (bicyclic) bond motifs is 1. The van der Waals surface area contributed by atoms with E-state index < -0.39 is 0 Å². The van der Waals surface area contributed by atoms with Crippen LogP contribution in [0.5, 0.6) is 5.75 Å². The second kappa shape index (κ2) is 7.01. The molecule has 24 heavy (non-hydrogen) atoms. The van der Waals surface area contributed by atoms with Gasteiger partial charge in [0.2, 0.25) is 0 Å². The zero-order chi connectivity index (χ0) is 17.3. The van der Waals surface area contributed by atoms with Crippen LogP contribution in [0.4, 0.5) is 0 Å². The average Bonchev–Trinajstić information content (AvgIpc) is 2.91. The van der Waals surface area contributed by atoms with Crippen LogP contribution in [0, 0.1) is 0 Å². The molecule has 124 valence electrons. The number of hydrogen-bond acceptors (Lipinski definition) is 3. The van der Waals surface area contributed by atoms with Crippen molar-refractivity contribution in [1.29, 1.82) is 0 Å². The average molecular weight is 380 g/mol. The van der Waals surface area contributed by atoms with Gasteiger partial charge in [0, 0.05) is 15.1 Å². The number of carbonyl (C=O) groups excluding carboxylic acids is 1. The fraction of sp³-hybridized carbons (Fsp3) is 0.167. The first-order chi connectivity index (χ1) is 11.5. The van der Waals surface area contributed by atoms with Crippen molar-refractivity contribution in [1.82, 2.24) is 5.32 Å². The summed E-state index contributed by atoms with van der Waals surface area (Å²) in [6.45, 7) is 1.92. The molecule has 1 N–H and O–H groups in total. The molecule has 0 bridgehead atoms. The maximum Gasteiger partial charge on any atom is 0.263 e. The lowest BCUT2D eigenvalue weighted by molar-refractivity contribution is 0.0944. The number of amides is 1. The quantitative estimate of drug-likeness (QED) is 0.630. The molecule has 0 aliphatic rings. The SMILES string of the molecule is COc1cccc([C@H](C)NC(=O)c2sc3cc(Cl)ccc3c2Cl)c1. The number of ether oxygens (including phenoxy) is 1. The molecule has 1 atom stereocenters. The van der Waals surface area contributed by atoms with Crippen molar-refractivity contribution in [2.24, 2.45) is 0 Å². The molecule has 0 aliphatic carbocycles. The van der Waals surface area contributed by atoms with E-state index in [9.17, 15) is 4.79 Å². The van der Waals surface area contributed by atoms with Crippen LogP contribution < -0.4 is 10.1 Å². The molecule has 0 radical (unpaired) electrons. The van der Waals surface area contributed by atoms with Crippen LogP contribution in [0.1, 0.15) is 28.2 Å². The first-order valence-electron chi connectivity index (χ1n) is 7.32. The number of hydrogen-bond donors (Lipinski definition) is 1. The number of methoxy groups -OCH3 is 1. The predicted molar refractivity (Wildman–Crippen MR) is 101 cm³/mol. The number of halogens is 2. The third-order valence-electron chi connectivity index (χ3n) is 3.74. The number of benzene rings is 2. The Labute approximate surface area is 154 Å². The molecule has 0 saturated carbocycles. The van der Waals surface area contributed by atoms with E-state index in [-0.39, 0.29) is 11.9 Å². The molecule has 0 aliphatic heterocycles. The van der Waals surface area contributed by atoms with Gasteiger partial charge in [0.1, 0.15) is 10.6 Å². The van der Waals surface area contributed by atoms with Gasteiger partial charge in [0.15, 0.2) is 0 Å². The second-order valence-electron chi connectivity index (χ2n) is 5.36. The molecule has 1 heterocycles. The van der Waals surface area contributed by atoms with Crippen molar-refractivity contribution in [2.45, 2.75) is 13.0 Å². The molecule has 0 spiro atoms. The third kappa shape index (κ3) is 3.36. The van der Waals surface area contributed by atoms with Crippen LogP contribution in [0.15, 0.2) is 42.5 Å². The van der Waals surface area contributed by atoms with Crippen molar-refractivity contribution in [2.75, 3.05) is 7.11 Å². The van der Waals surface area contributed by atoms with Crippen LogP contribution in [0.25, 0.3) is 10.1 Å². The summed E-state index contributed by atoms with van der Waals surface area (Å²) in [6.07, 6.45) is 0. The van der Waals surface area contributed by atoms with Crippen LogP contribution >= 0.6 is 34.5 Å². The van der Waals surface area contributed by atoms with Crippen molar-refractivity contribution >= 4 is 50.5 Å². The molecule has 6 heteroatoms. The molecular formula is C18H15Cl2NO2S. The van der Waals surface area contributed by atoms with Crippen molar-refractivity contribution in [3.63, 3.8) is 0 Å². The Kier molecular flexibility index (Phi) is 4.99. The number of thiophene rings is 1. The highest BCUT2D eigenvalue weighted by molar-refractivity contribution is 7.21. The van der Waals surface area contributed by atoms with E-state index >= 15 is 0 Å². The van der Waals surface area contributed by atoms with Gasteiger partial charge in [-0.05, 0) is 36.8 Å². The Morgan fingerprint density at radius 2 is 2.00 bits per heavy atom. The monoisotopic (exact) mass is 379 g/mol. The van der Waals surface area contributed by atoms with E-state index in [1.165, 1.54) is 11.3 Å². The number of rotatable bonds is 4. The molecule has 1 aromatic heterocycles. The first-order valence-corrected chi connectivity index (χ1v) is 8.89. The number of carbonyl (C=O) groups is 1. The second-order valence-corrected chi connectivity index (χ2v) is 7.22. The molecule has 3 rings (SSSR count). The Balaban J connectivity index is 1.85. The van der Waals surface area contributed by atoms with Gasteiger partial charge in [-0.15, -0.1) is 11.3 Å². The lowest BCUT2D eigenvalue weighted by Gasteiger charge is -2.14. The summed E-state index contributed by atoms with van der Waals surface area (Å²) in [5.41, 5.74) is 0.961. The van der Waals surface area contributed by atoms with E-state index in [1.54, 1.807) is 13.2 Å². The molecule has 0 saturated heterocycles. The maximum absolute atomic E-state index is 12.6. The highest BCUT2D eigenvalue weighted by Crippen LogP contribution is 2.37. The van der Waals surface area contributed by atoms with Gasteiger partial charge in [-0.2, -0.15) is 0 Å². The van der Waals surface area contributed by atoms with E-state index in [4.69, 9.17) is 27.9 Å². The van der Waals surface area contributed by atoms with Crippen molar-refractivity contribution in [3.05, 3.63) is 63.0 Å². The normalized spacial score (nSPS) is 12.2. The predicted octanol–water partition coefficient (Wildman–Crippen LogP) is 5.71. The zero-order valence-corrected chi connectivity index (χ0v) is 15.4. The van der Waals surface area contributed by atoms with Gasteiger partial charge in [-0.1, -0.05) is 41.4 Å². The largest absolute Gasteiger partial charge is 0.497 e. The van der Waals surface area contributed by atoms with Gasteiger partial charge in [-0.25, -0.2) is 0 Å². The Hall–Kier alpha value is -1.75. The Bertz CT molecular complexity index is 907. The fourth-order valence-corrected chi connectivity index (χ4v) is 4.14. The first kappa shape index (κ1) is 17.1. The summed E-state index contributed by atoms with van der Waals surface area (Å²) in [6, 6.07) is 12.8. The summed E-state index contributed by atoms with van der Waals surface area (Å²) in [4.78, 5) is 13.1. The minimum Gasteiger partial charge on any atom is -0.497 e. The maximum atomic E-state index is 12.6. The summed E-state index contributed by atoms with van der Waals surface area (Å²) >= 11 is 13.7. The number of nitrogens with one attached hydrogen (secondary N) is 1. The topological polar surface area (TPSA) is 38.3 Å². The van der Waals surface area contributed by atoms with Crippen LogP contribution in [-0.2, 0) is 0 Å². The van der Waals surface area contributed by atoms with Gasteiger partial charge >= 0.3 is 0 Å². The van der Waals surface area contributed by atoms with Gasteiger partial charge in [-0.3, -0.25) is 4.79 Å². The van der Waals surface area contributed by atoms with Gasteiger partial charge < -0.3 is 10.1 Å². The molecular weight excluding hydrogens is 365 g/mol. The minimum atomic E-state index is -0.201. The van der Waals surface area contributed by atoms with E-state index in [1.807, 2.05) is 43.3 Å². The zero-order valence-electron chi connectivity index (χ0n) is 13.1. The lowest BCUT2D eigenvalue weighted by atomic mass is 10.1. The Morgan fingerprint density at radius 1 is 1.21 bits per heavy atom. The van der Waals surface area contributed by atoms with E-state index in [2.05, 4.69) is 5.32 Å². The summed E-state index contributed by atoms with van der Waals surface area (Å²) in [5.74, 6) is 0.552. The summed E-state index contributed by atoms with van der Waals surface area (Å²) in [5, 5.41) is 4.90. The lowest BCUT2D eigenvalue weighted by Crippen LogP contribution is -2.26. The standard InChI is InChI=1S/C18H15Cl2NO2S/c1-10(11-4-3-5-13(8-11)23-2)21-18(22)17-16(20)14-7-6-12(19)9-15(14)24-17/h3-10H,1-2H3,(H,21,22)/t10-/m0/s1. The highest BCUT2D eigenvalue weighted by Gasteiger charge is 2.19. The fourth-order valence-electron chi connectivity index (χ4n) is 2.44. The minimum absolute atomic E-state index is 0.169. The molecule has 3 aromatic rings.